The van der Waals surface area contributed by atoms with E-state index in [1.54, 1.807) is 0 Å². The van der Waals surface area contributed by atoms with Crippen LogP contribution < -0.4 is 11.1 Å². The quantitative estimate of drug-likeness (QED) is 0.762. The van der Waals surface area contributed by atoms with Gasteiger partial charge in [0, 0.05) is 32.3 Å². The number of piperazine rings is 1. The maximum absolute atomic E-state index is 11.7. The predicted octanol–water partition coefficient (Wildman–Crippen LogP) is 0.190. The molecule has 114 valence electrons. The highest BCUT2D eigenvalue weighted by molar-refractivity contribution is 7.99. The molecule has 0 aliphatic carbocycles. The Morgan fingerprint density at radius 3 is 2.95 bits per heavy atom. The van der Waals surface area contributed by atoms with Crippen LogP contribution in [0.25, 0.3) is 0 Å². The Labute approximate surface area is 125 Å². The minimum Gasteiger partial charge on any atom is -0.375 e. The number of hydrogen-bond acceptors (Lipinski definition) is 5. The summed E-state index contributed by atoms with van der Waals surface area (Å²) in [5, 5.41) is 3.28. The number of thioether (sulfide) groups is 1. The number of primary amides is 1. The SMILES string of the molecule is NC(=O)C1CNCCN1C1CCOC2(CCSCC2)C1. The van der Waals surface area contributed by atoms with Crippen LogP contribution in [0.5, 0.6) is 0 Å². The number of ether oxygens (including phenoxy) is 1. The van der Waals surface area contributed by atoms with Gasteiger partial charge in [0.05, 0.1) is 5.60 Å². The average molecular weight is 299 g/mol. The number of carbonyl (C=O) groups excluding carboxylic acids is 1. The van der Waals surface area contributed by atoms with Crippen LogP contribution in [0.1, 0.15) is 25.7 Å². The van der Waals surface area contributed by atoms with Crippen molar-refractivity contribution in [1.29, 1.82) is 0 Å². The monoisotopic (exact) mass is 299 g/mol. The second-order valence-corrected chi connectivity index (χ2v) is 7.38. The van der Waals surface area contributed by atoms with Crippen molar-refractivity contribution in [2.45, 2.75) is 43.4 Å². The third-order valence-corrected chi connectivity index (χ3v) is 5.94. The van der Waals surface area contributed by atoms with E-state index in [2.05, 4.69) is 10.2 Å². The molecule has 1 spiro atoms. The molecule has 20 heavy (non-hydrogen) atoms. The second-order valence-electron chi connectivity index (χ2n) is 6.15. The molecule has 3 rings (SSSR count). The Balaban J connectivity index is 1.70. The summed E-state index contributed by atoms with van der Waals surface area (Å²) >= 11 is 2.03. The summed E-state index contributed by atoms with van der Waals surface area (Å²) < 4.78 is 6.15. The first-order chi connectivity index (χ1) is 9.70. The van der Waals surface area contributed by atoms with E-state index in [1.807, 2.05) is 11.8 Å². The van der Waals surface area contributed by atoms with Gasteiger partial charge >= 0.3 is 0 Å². The number of amides is 1. The lowest BCUT2D eigenvalue weighted by molar-refractivity contribution is -0.134. The van der Waals surface area contributed by atoms with Gasteiger partial charge in [0.1, 0.15) is 6.04 Å². The van der Waals surface area contributed by atoms with Gasteiger partial charge < -0.3 is 15.8 Å². The highest BCUT2D eigenvalue weighted by Gasteiger charge is 2.43. The van der Waals surface area contributed by atoms with E-state index in [0.717, 1.165) is 45.4 Å². The molecule has 1 amide bonds. The molecular formula is C14H25N3O2S. The first-order valence-corrected chi connectivity index (χ1v) is 8.83. The third kappa shape index (κ3) is 2.98. The summed E-state index contributed by atoms with van der Waals surface area (Å²) in [7, 11) is 0. The van der Waals surface area contributed by atoms with E-state index >= 15 is 0 Å². The van der Waals surface area contributed by atoms with Crippen molar-refractivity contribution in [3.8, 4) is 0 Å². The van der Waals surface area contributed by atoms with Crippen molar-refractivity contribution >= 4 is 17.7 Å². The topological polar surface area (TPSA) is 67.6 Å². The van der Waals surface area contributed by atoms with Crippen molar-refractivity contribution in [1.82, 2.24) is 10.2 Å². The van der Waals surface area contributed by atoms with Crippen molar-refractivity contribution in [3.63, 3.8) is 0 Å². The summed E-state index contributed by atoms with van der Waals surface area (Å²) in [6.07, 6.45) is 4.40. The molecule has 3 fully saturated rings. The van der Waals surface area contributed by atoms with Gasteiger partial charge in [-0.25, -0.2) is 0 Å². The molecule has 2 atom stereocenters. The Kier molecular flexibility index (Phi) is 4.55. The molecule has 0 aromatic heterocycles. The molecule has 0 bridgehead atoms. The largest absolute Gasteiger partial charge is 0.375 e. The predicted molar refractivity (Wildman–Crippen MR) is 80.8 cm³/mol. The molecule has 3 aliphatic heterocycles. The molecule has 3 aliphatic rings. The Hall–Kier alpha value is -0.300. The Bertz CT molecular complexity index is 355. The first kappa shape index (κ1) is 14.6. The number of rotatable bonds is 2. The highest BCUT2D eigenvalue weighted by Crippen LogP contribution is 2.39. The van der Waals surface area contributed by atoms with Gasteiger partial charge in [-0.05, 0) is 37.2 Å². The van der Waals surface area contributed by atoms with Crippen molar-refractivity contribution < 1.29 is 9.53 Å². The molecular weight excluding hydrogens is 274 g/mol. The van der Waals surface area contributed by atoms with Gasteiger partial charge in [-0.1, -0.05) is 0 Å². The summed E-state index contributed by atoms with van der Waals surface area (Å²) in [4.78, 5) is 14.0. The van der Waals surface area contributed by atoms with Crippen molar-refractivity contribution in [2.75, 3.05) is 37.7 Å². The number of carbonyl (C=O) groups is 1. The lowest BCUT2D eigenvalue weighted by atomic mass is 9.84. The molecule has 2 unspecified atom stereocenters. The number of nitrogens with one attached hydrogen (secondary N) is 1. The molecule has 6 heteroatoms. The van der Waals surface area contributed by atoms with Gasteiger partial charge in [-0.15, -0.1) is 0 Å². The van der Waals surface area contributed by atoms with Crippen molar-refractivity contribution in [3.05, 3.63) is 0 Å². The zero-order chi connectivity index (χ0) is 14.0. The summed E-state index contributed by atoms with van der Waals surface area (Å²) in [5.74, 6) is 2.21. The van der Waals surface area contributed by atoms with Crippen LogP contribution in [-0.2, 0) is 9.53 Å². The Morgan fingerprint density at radius 2 is 2.20 bits per heavy atom. The van der Waals surface area contributed by atoms with E-state index in [9.17, 15) is 4.79 Å². The highest BCUT2D eigenvalue weighted by atomic mass is 32.2. The lowest BCUT2D eigenvalue weighted by Crippen LogP contribution is -2.62. The first-order valence-electron chi connectivity index (χ1n) is 7.68. The zero-order valence-corrected chi connectivity index (χ0v) is 12.8. The van der Waals surface area contributed by atoms with E-state index in [-0.39, 0.29) is 17.6 Å². The maximum atomic E-state index is 11.7. The molecule has 0 radical (unpaired) electrons. The molecule has 3 saturated heterocycles. The van der Waals surface area contributed by atoms with Crippen LogP contribution in [0.3, 0.4) is 0 Å². The lowest BCUT2D eigenvalue weighted by Gasteiger charge is -2.48. The van der Waals surface area contributed by atoms with Gasteiger partial charge in [0.2, 0.25) is 5.91 Å². The van der Waals surface area contributed by atoms with Crippen LogP contribution in [0.4, 0.5) is 0 Å². The normalized spacial score (nSPS) is 35.0. The standard InChI is InChI=1S/C14H25N3O2S/c15-13(18)12-10-16-4-5-17(12)11-1-6-19-14(9-11)2-7-20-8-3-14/h11-12,16H,1-10H2,(H2,15,18). The fourth-order valence-electron chi connectivity index (χ4n) is 3.80. The average Bonchev–Trinajstić information content (AvgIpc) is 2.48. The van der Waals surface area contributed by atoms with Gasteiger partial charge in [-0.3, -0.25) is 9.69 Å². The number of nitrogens with zero attached hydrogens (tertiary/aromatic N) is 1. The zero-order valence-electron chi connectivity index (χ0n) is 12.0. The van der Waals surface area contributed by atoms with Gasteiger partial charge in [0.15, 0.2) is 0 Å². The number of hydrogen-bond donors (Lipinski definition) is 2. The van der Waals surface area contributed by atoms with E-state index < -0.39 is 0 Å². The summed E-state index contributed by atoms with van der Waals surface area (Å²) in [6, 6.07) is 0.299. The third-order valence-electron chi connectivity index (χ3n) is 4.95. The van der Waals surface area contributed by atoms with Crippen LogP contribution in [-0.4, -0.2) is 66.2 Å². The second kappa shape index (κ2) is 6.22. The summed E-state index contributed by atoms with van der Waals surface area (Å²) in [6.45, 7) is 3.38. The smallest absolute Gasteiger partial charge is 0.236 e. The van der Waals surface area contributed by atoms with Gasteiger partial charge in [-0.2, -0.15) is 11.8 Å². The fourth-order valence-corrected chi connectivity index (χ4v) is 5.03. The number of nitrogens with two attached hydrogens (primary N) is 1. The fraction of sp³-hybridized carbons (Fsp3) is 0.929. The molecule has 0 aromatic carbocycles. The van der Waals surface area contributed by atoms with Crippen molar-refractivity contribution in [2.24, 2.45) is 5.73 Å². The van der Waals surface area contributed by atoms with Crippen LogP contribution >= 0.6 is 11.8 Å². The summed E-state index contributed by atoms with van der Waals surface area (Å²) in [5.41, 5.74) is 5.65. The van der Waals surface area contributed by atoms with Crippen LogP contribution in [0, 0.1) is 0 Å². The molecule has 0 aromatic rings. The van der Waals surface area contributed by atoms with E-state index in [4.69, 9.17) is 10.5 Å². The van der Waals surface area contributed by atoms with Gasteiger partial charge in [0.25, 0.3) is 0 Å². The molecule has 3 N–H and O–H groups in total. The van der Waals surface area contributed by atoms with E-state index in [1.165, 1.54) is 11.5 Å². The molecule has 3 heterocycles. The molecule has 5 nitrogen and oxygen atoms in total. The molecule has 0 saturated carbocycles. The van der Waals surface area contributed by atoms with Crippen LogP contribution in [0.2, 0.25) is 0 Å². The minimum atomic E-state index is -0.197. The Morgan fingerprint density at radius 1 is 1.40 bits per heavy atom. The van der Waals surface area contributed by atoms with Crippen LogP contribution in [0.15, 0.2) is 0 Å². The van der Waals surface area contributed by atoms with E-state index in [0.29, 0.717) is 12.6 Å². The minimum absolute atomic E-state index is 0.0707. The maximum Gasteiger partial charge on any atom is 0.236 e.